The third-order valence-corrected chi connectivity index (χ3v) is 4.08. The van der Waals surface area contributed by atoms with Crippen LogP contribution in [0, 0.1) is 6.92 Å². The number of nitrogen functional groups attached to an aromatic ring is 1. The van der Waals surface area contributed by atoms with Crippen molar-refractivity contribution in [3.05, 3.63) is 35.7 Å². The zero-order chi connectivity index (χ0) is 13.9. The molecule has 0 radical (unpaired) electrons. The Morgan fingerprint density at radius 2 is 1.70 bits per heavy atom. The van der Waals surface area contributed by atoms with Crippen LogP contribution in [-0.4, -0.2) is 15.2 Å². The molecule has 0 bridgehead atoms. The number of benzene rings is 1. The van der Waals surface area contributed by atoms with Crippen LogP contribution in [0.5, 0.6) is 0 Å². The molecule has 4 nitrogen and oxygen atoms in total. The van der Waals surface area contributed by atoms with Gasteiger partial charge in [0.1, 0.15) is 11.5 Å². The van der Waals surface area contributed by atoms with Gasteiger partial charge in [0.25, 0.3) is 0 Å². The minimum Gasteiger partial charge on any atom is -0.382 e. The quantitative estimate of drug-likeness (QED) is 0.905. The summed E-state index contributed by atoms with van der Waals surface area (Å²) in [5.74, 6) is 1.77. The molecule has 0 unspecified atom stereocenters. The van der Waals surface area contributed by atoms with E-state index in [0.29, 0.717) is 17.3 Å². The molecule has 0 saturated heterocycles. The van der Waals surface area contributed by atoms with Crippen LogP contribution >= 0.6 is 0 Å². The molecule has 4 heteroatoms. The number of hydrogen-bond donors (Lipinski definition) is 1. The maximum atomic E-state index is 5.92. The van der Waals surface area contributed by atoms with Gasteiger partial charge in [-0.3, -0.25) is 0 Å². The van der Waals surface area contributed by atoms with E-state index in [1.54, 1.807) is 6.92 Å². The van der Waals surface area contributed by atoms with Gasteiger partial charge in [-0.15, -0.1) is 10.2 Å². The topological polar surface area (TPSA) is 64.7 Å². The van der Waals surface area contributed by atoms with Crippen LogP contribution in [0.25, 0.3) is 11.3 Å². The van der Waals surface area contributed by atoms with E-state index in [0.717, 1.165) is 11.5 Å². The highest BCUT2D eigenvalue weighted by Gasteiger charge is 2.15. The molecular weight excluding hydrogens is 248 g/mol. The maximum absolute atomic E-state index is 5.92. The Balaban J connectivity index is 1.85. The second kappa shape index (κ2) is 5.57. The van der Waals surface area contributed by atoms with Crippen molar-refractivity contribution in [1.82, 2.24) is 15.2 Å². The molecule has 0 atom stereocenters. The van der Waals surface area contributed by atoms with Gasteiger partial charge in [0.15, 0.2) is 5.82 Å². The lowest BCUT2D eigenvalue weighted by Gasteiger charge is -2.22. The molecule has 1 saturated carbocycles. The largest absolute Gasteiger partial charge is 0.382 e. The molecule has 20 heavy (non-hydrogen) atoms. The lowest BCUT2D eigenvalue weighted by Crippen LogP contribution is -2.05. The van der Waals surface area contributed by atoms with Gasteiger partial charge in [-0.1, -0.05) is 43.5 Å². The first-order valence-corrected chi connectivity index (χ1v) is 7.31. The monoisotopic (exact) mass is 268 g/mol. The lowest BCUT2D eigenvalue weighted by atomic mass is 9.84. The summed E-state index contributed by atoms with van der Waals surface area (Å²) in [6.45, 7) is 1.79. The van der Waals surface area contributed by atoms with Gasteiger partial charge >= 0.3 is 0 Å². The van der Waals surface area contributed by atoms with Crippen LogP contribution in [0.4, 0.5) is 5.82 Å². The molecule has 2 N–H and O–H groups in total. The molecule has 0 amide bonds. The molecule has 104 valence electrons. The van der Waals surface area contributed by atoms with Gasteiger partial charge in [-0.05, 0) is 31.2 Å². The van der Waals surface area contributed by atoms with Crippen molar-refractivity contribution >= 4 is 5.82 Å². The van der Waals surface area contributed by atoms with E-state index < -0.39 is 0 Å². The first-order chi connectivity index (χ1) is 9.74. The fourth-order valence-corrected chi connectivity index (χ4v) is 2.98. The standard InChI is InChI=1S/C16H20N4/c1-11-18-16(17)15(20-19-11)14-9-7-13(8-10-14)12-5-3-2-4-6-12/h7-10,12H,2-6H2,1H3,(H2,17,18,19). The van der Waals surface area contributed by atoms with E-state index in [1.165, 1.54) is 37.7 Å². The van der Waals surface area contributed by atoms with Crippen LogP contribution in [-0.2, 0) is 0 Å². The number of aryl methyl sites for hydroxylation is 1. The predicted octanol–water partition coefficient (Wildman–Crippen LogP) is 3.48. The second-order valence-electron chi connectivity index (χ2n) is 5.55. The maximum Gasteiger partial charge on any atom is 0.154 e. The normalized spacial score (nSPS) is 16.2. The summed E-state index contributed by atoms with van der Waals surface area (Å²) in [5.41, 5.74) is 9.01. The van der Waals surface area contributed by atoms with Crippen LogP contribution < -0.4 is 5.73 Å². The Morgan fingerprint density at radius 1 is 1.00 bits per heavy atom. The number of rotatable bonds is 2. The summed E-state index contributed by atoms with van der Waals surface area (Å²) in [5, 5.41) is 8.14. The first kappa shape index (κ1) is 13.0. The molecule has 2 aromatic rings. The van der Waals surface area contributed by atoms with Crippen molar-refractivity contribution in [3.63, 3.8) is 0 Å². The van der Waals surface area contributed by atoms with Gasteiger partial charge < -0.3 is 5.73 Å². The van der Waals surface area contributed by atoms with Crippen LogP contribution in [0.1, 0.15) is 49.4 Å². The zero-order valence-corrected chi connectivity index (χ0v) is 11.8. The highest BCUT2D eigenvalue weighted by atomic mass is 15.2. The summed E-state index contributed by atoms with van der Waals surface area (Å²) in [6.07, 6.45) is 6.72. The molecule has 3 rings (SSSR count). The van der Waals surface area contributed by atoms with Gasteiger partial charge in [0.05, 0.1) is 0 Å². The lowest BCUT2D eigenvalue weighted by molar-refractivity contribution is 0.443. The number of nitrogens with two attached hydrogens (primary N) is 1. The van der Waals surface area contributed by atoms with Crippen molar-refractivity contribution in [2.24, 2.45) is 0 Å². The van der Waals surface area contributed by atoms with Crippen molar-refractivity contribution in [2.45, 2.75) is 44.9 Å². The number of hydrogen-bond acceptors (Lipinski definition) is 4. The summed E-state index contributed by atoms with van der Waals surface area (Å²) in [6, 6.07) is 8.57. The average molecular weight is 268 g/mol. The van der Waals surface area contributed by atoms with E-state index >= 15 is 0 Å². The first-order valence-electron chi connectivity index (χ1n) is 7.31. The van der Waals surface area contributed by atoms with Crippen LogP contribution in [0.15, 0.2) is 24.3 Å². The van der Waals surface area contributed by atoms with E-state index in [4.69, 9.17) is 5.73 Å². The molecule has 1 aliphatic rings. The highest BCUT2D eigenvalue weighted by Crippen LogP contribution is 2.33. The third kappa shape index (κ3) is 2.64. The fourth-order valence-electron chi connectivity index (χ4n) is 2.98. The summed E-state index contributed by atoms with van der Waals surface area (Å²) < 4.78 is 0. The molecule has 1 aromatic heterocycles. The van der Waals surface area contributed by atoms with Crippen molar-refractivity contribution in [1.29, 1.82) is 0 Å². The van der Waals surface area contributed by atoms with E-state index in [-0.39, 0.29) is 0 Å². The van der Waals surface area contributed by atoms with E-state index in [9.17, 15) is 0 Å². The molecule has 1 heterocycles. The molecule has 0 aliphatic heterocycles. The smallest absolute Gasteiger partial charge is 0.154 e. The van der Waals surface area contributed by atoms with Gasteiger partial charge in [0.2, 0.25) is 0 Å². The minimum atomic E-state index is 0.447. The van der Waals surface area contributed by atoms with Gasteiger partial charge in [0, 0.05) is 5.56 Å². The summed E-state index contributed by atoms with van der Waals surface area (Å²) in [4.78, 5) is 4.17. The number of aromatic nitrogens is 3. The van der Waals surface area contributed by atoms with Crippen molar-refractivity contribution < 1.29 is 0 Å². The van der Waals surface area contributed by atoms with Gasteiger partial charge in [-0.2, -0.15) is 0 Å². The van der Waals surface area contributed by atoms with Gasteiger partial charge in [-0.25, -0.2) is 4.98 Å². The fraction of sp³-hybridized carbons (Fsp3) is 0.438. The Kier molecular flexibility index (Phi) is 3.63. The van der Waals surface area contributed by atoms with Crippen molar-refractivity contribution in [3.8, 4) is 11.3 Å². The highest BCUT2D eigenvalue weighted by molar-refractivity contribution is 5.69. The molecule has 1 aromatic carbocycles. The molecular formula is C16H20N4. The Labute approximate surface area is 119 Å². The summed E-state index contributed by atoms with van der Waals surface area (Å²) >= 11 is 0. The molecule has 1 aliphatic carbocycles. The zero-order valence-electron chi connectivity index (χ0n) is 11.8. The SMILES string of the molecule is Cc1nnc(-c2ccc(C3CCCCC3)cc2)c(N)n1. The molecule has 1 fully saturated rings. The Hall–Kier alpha value is -1.97. The van der Waals surface area contributed by atoms with E-state index in [2.05, 4.69) is 39.4 Å². The van der Waals surface area contributed by atoms with Crippen LogP contribution in [0.2, 0.25) is 0 Å². The summed E-state index contributed by atoms with van der Waals surface area (Å²) in [7, 11) is 0. The van der Waals surface area contributed by atoms with E-state index in [1.807, 2.05) is 0 Å². The second-order valence-corrected chi connectivity index (χ2v) is 5.55. The predicted molar refractivity (Wildman–Crippen MR) is 80.2 cm³/mol. The van der Waals surface area contributed by atoms with Crippen molar-refractivity contribution in [2.75, 3.05) is 5.73 Å². The number of nitrogens with zero attached hydrogens (tertiary/aromatic N) is 3. The van der Waals surface area contributed by atoms with Crippen LogP contribution in [0.3, 0.4) is 0 Å². The molecule has 0 spiro atoms. The Bertz CT molecular complexity index is 586. The third-order valence-electron chi connectivity index (χ3n) is 4.08. The average Bonchev–Trinajstić information content (AvgIpc) is 2.48. The minimum absolute atomic E-state index is 0.447. The Morgan fingerprint density at radius 3 is 2.35 bits per heavy atom. The number of anilines is 1.